The van der Waals surface area contributed by atoms with Gasteiger partial charge in [-0.3, -0.25) is 9.59 Å². The fraction of sp³-hybridized carbons (Fsp3) is 0.579. The highest BCUT2D eigenvalue weighted by molar-refractivity contribution is 6.07. The van der Waals surface area contributed by atoms with Crippen LogP contribution in [0.15, 0.2) is 30.3 Å². The van der Waals surface area contributed by atoms with Crippen molar-refractivity contribution < 1.29 is 9.59 Å². The van der Waals surface area contributed by atoms with Crippen LogP contribution in [-0.4, -0.2) is 24.4 Å². The zero-order chi connectivity index (χ0) is 16.1. The average Bonchev–Trinajstić information content (AvgIpc) is 3.24. The van der Waals surface area contributed by atoms with E-state index in [1.807, 2.05) is 18.2 Å². The third kappa shape index (κ3) is 3.92. The minimum absolute atomic E-state index is 0.0510. The second-order valence-electron chi connectivity index (χ2n) is 6.88. The topological polar surface area (TPSA) is 58.2 Å². The van der Waals surface area contributed by atoms with Gasteiger partial charge in [-0.25, -0.2) is 0 Å². The summed E-state index contributed by atoms with van der Waals surface area (Å²) in [6.45, 7) is 0.631. The molecule has 2 saturated carbocycles. The lowest BCUT2D eigenvalue weighted by Gasteiger charge is -2.18. The minimum Gasteiger partial charge on any atom is -0.355 e. The summed E-state index contributed by atoms with van der Waals surface area (Å²) in [5.41, 5.74) is 0.511. The molecule has 2 fully saturated rings. The van der Waals surface area contributed by atoms with Crippen molar-refractivity contribution in [1.29, 1.82) is 0 Å². The quantitative estimate of drug-likeness (QED) is 0.600. The molecular weight excluding hydrogens is 288 g/mol. The smallest absolute Gasteiger partial charge is 0.235 e. The summed E-state index contributed by atoms with van der Waals surface area (Å²) >= 11 is 0. The molecule has 0 aliphatic heterocycles. The van der Waals surface area contributed by atoms with Crippen molar-refractivity contribution in [2.45, 2.75) is 57.4 Å². The highest BCUT2D eigenvalue weighted by atomic mass is 16.2. The number of hydrogen-bond acceptors (Lipinski definition) is 2. The van der Waals surface area contributed by atoms with Crippen LogP contribution in [0.3, 0.4) is 0 Å². The van der Waals surface area contributed by atoms with Crippen LogP contribution in [0.1, 0.15) is 50.5 Å². The number of hydrogen-bond donors (Lipinski definition) is 2. The van der Waals surface area contributed by atoms with E-state index in [0.29, 0.717) is 19.4 Å². The fourth-order valence-corrected chi connectivity index (χ4v) is 3.38. The summed E-state index contributed by atoms with van der Waals surface area (Å²) in [6, 6.07) is 10.5. The van der Waals surface area contributed by atoms with Gasteiger partial charge in [-0.2, -0.15) is 0 Å². The van der Waals surface area contributed by atoms with E-state index in [0.717, 1.165) is 25.7 Å². The Kier molecular flexibility index (Phi) is 4.99. The molecule has 1 aromatic rings. The van der Waals surface area contributed by atoms with E-state index in [1.165, 1.54) is 18.4 Å². The van der Waals surface area contributed by atoms with Crippen molar-refractivity contribution in [1.82, 2.24) is 10.6 Å². The molecule has 4 heteroatoms. The highest BCUT2D eigenvalue weighted by Gasteiger charge is 2.56. The molecule has 2 N–H and O–H groups in total. The normalized spacial score (nSPS) is 19.3. The summed E-state index contributed by atoms with van der Waals surface area (Å²) in [5.74, 6) is -0.133. The maximum atomic E-state index is 12.4. The van der Waals surface area contributed by atoms with Gasteiger partial charge >= 0.3 is 0 Å². The first-order chi connectivity index (χ1) is 11.2. The van der Waals surface area contributed by atoms with Gasteiger partial charge in [0.05, 0.1) is 0 Å². The predicted molar refractivity (Wildman–Crippen MR) is 89.8 cm³/mol. The number of aryl methyl sites for hydroxylation is 1. The molecule has 1 aromatic carbocycles. The third-order valence-corrected chi connectivity index (χ3v) is 5.08. The van der Waals surface area contributed by atoms with Crippen LogP contribution in [-0.2, 0) is 16.0 Å². The fourth-order valence-electron chi connectivity index (χ4n) is 3.38. The molecular formula is C19H26N2O2. The lowest BCUT2D eigenvalue weighted by molar-refractivity contribution is -0.137. The summed E-state index contributed by atoms with van der Waals surface area (Å²) < 4.78 is 0. The van der Waals surface area contributed by atoms with Crippen LogP contribution in [0.2, 0.25) is 0 Å². The molecule has 0 saturated heterocycles. The Bertz CT molecular complexity index is 546. The molecule has 0 unspecified atom stereocenters. The first-order valence-corrected chi connectivity index (χ1v) is 8.84. The lowest BCUT2D eigenvalue weighted by atomic mass is 10.0. The summed E-state index contributed by atoms with van der Waals surface area (Å²) in [5, 5.41) is 6.04. The van der Waals surface area contributed by atoms with Gasteiger partial charge in [-0.1, -0.05) is 43.2 Å². The minimum atomic E-state index is -0.769. The first kappa shape index (κ1) is 16.0. The van der Waals surface area contributed by atoms with Crippen molar-refractivity contribution in [3.05, 3.63) is 35.9 Å². The average molecular weight is 314 g/mol. The van der Waals surface area contributed by atoms with E-state index in [-0.39, 0.29) is 17.9 Å². The van der Waals surface area contributed by atoms with Crippen molar-refractivity contribution in [2.24, 2.45) is 5.41 Å². The third-order valence-electron chi connectivity index (χ3n) is 5.08. The number of rotatable bonds is 7. The van der Waals surface area contributed by atoms with Crippen LogP contribution in [0.5, 0.6) is 0 Å². The lowest BCUT2D eigenvalue weighted by Crippen LogP contribution is -2.46. The van der Waals surface area contributed by atoms with Crippen molar-refractivity contribution in [2.75, 3.05) is 6.54 Å². The maximum Gasteiger partial charge on any atom is 0.235 e. The molecule has 23 heavy (non-hydrogen) atoms. The molecule has 3 rings (SSSR count). The molecule has 0 atom stereocenters. The molecule has 2 amide bonds. The second-order valence-corrected chi connectivity index (χ2v) is 6.88. The van der Waals surface area contributed by atoms with Gasteiger partial charge in [-0.15, -0.1) is 0 Å². The standard InChI is InChI=1S/C19H26N2O2/c22-17(20-14-6-9-15-7-2-1-3-8-15)19(12-13-19)18(23)21-16-10-4-5-11-16/h1-3,7-8,16H,4-6,9-14H2,(H,20,22)(H,21,23). The molecule has 4 nitrogen and oxygen atoms in total. The number of nitrogens with one attached hydrogen (secondary N) is 2. The summed E-state index contributed by atoms with van der Waals surface area (Å²) in [6.07, 6.45) is 7.71. The Hall–Kier alpha value is -1.84. The summed E-state index contributed by atoms with van der Waals surface area (Å²) in [7, 11) is 0. The monoisotopic (exact) mass is 314 g/mol. The Labute approximate surface area is 138 Å². The van der Waals surface area contributed by atoms with Crippen LogP contribution in [0.4, 0.5) is 0 Å². The molecule has 0 heterocycles. The van der Waals surface area contributed by atoms with E-state index in [9.17, 15) is 9.59 Å². The number of amides is 2. The van der Waals surface area contributed by atoms with E-state index in [2.05, 4.69) is 22.8 Å². The van der Waals surface area contributed by atoms with Crippen molar-refractivity contribution in [3.8, 4) is 0 Å². The zero-order valence-electron chi connectivity index (χ0n) is 13.6. The second kappa shape index (κ2) is 7.16. The van der Waals surface area contributed by atoms with E-state index in [1.54, 1.807) is 0 Å². The van der Waals surface area contributed by atoms with Gasteiger partial charge in [-0.05, 0) is 44.1 Å². The van der Waals surface area contributed by atoms with Crippen LogP contribution >= 0.6 is 0 Å². The highest BCUT2D eigenvalue weighted by Crippen LogP contribution is 2.46. The first-order valence-electron chi connectivity index (χ1n) is 8.84. The van der Waals surface area contributed by atoms with Gasteiger partial charge in [0.1, 0.15) is 5.41 Å². The van der Waals surface area contributed by atoms with Crippen LogP contribution in [0.25, 0.3) is 0 Å². The molecule has 0 aromatic heterocycles. The van der Waals surface area contributed by atoms with E-state index >= 15 is 0 Å². The molecule has 2 aliphatic carbocycles. The maximum absolute atomic E-state index is 12.4. The molecule has 0 bridgehead atoms. The number of carbonyl (C=O) groups excluding carboxylic acids is 2. The van der Waals surface area contributed by atoms with Crippen LogP contribution < -0.4 is 10.6 Å². The SMILES string of the molecule is O=C(NCCCc1ccccc1)C1(C(=O)NC2CCCC2)CC1. The number of benzene rings is 1. The Morgan fingerprint density at radius 3 is 2.39 bits per heavy atom. The van der Waals surface area contributed by atoms with Crippen LogP contribution in [0, 0.1) is 5.41 Å². The van der Waals surface area contributed by atoms with Crippen molar-refractivity contribution in [3.63, 3.8) is 0 Å². The molecule has 0 spiro atoms. The Balaban J connectivity index is 1.41. The van der Waals surface area contributed by atoms with Gasteiger partial charge in [0.25, 0.3) is 0 Å². The predicted octanol–water partition coefficient (Wildman–Crippen LogP) is 2.57. The summed E-state index contributed by atoms with van der Waals surface area (Å²) in [4.78, 5) is 24.8. The van der Waals surface area contributed by atoms with Gasteiger partial charge in [0.2, 0.25) is 11.8 Å². The Morgan fingerprint density at radius 1 is 1.04 bits per heavy atom. The molecule has 2 aliphatic rings. The van der Waals surface area contributed by atoms with Gasteiger partial charge in [0.15, 0.2) is 0 Å². The molecule has 124 valence electrons. The molecule has 0 radical (unpaired) electrons. The largest absolute Gasteiger partial charge is 0.355 e. The van der Waals surface area contributed by atoms with Gasteiger partial charge in [0, 0.05) is 12.6 Å². The van der Waals surface area contributed by atoms with E-state index in [4.69, 9.17) is 0 Å². The van der Waals surface area contributed by atoms with Gasteiger partial charge < -0.3 is 10.6 Å². The van der Waals surface area contributed by atoms with Crippen molar-refractivity contribution >= 4 is 11.8 Å². The number of carbonyl (C=O) groups is 2. The zero-order valence-corrected chi connectivity index (χ0v) is 13.6. The van der Waals surface area contributed by atoms with E-state index < -0.39 is 5.41 Å². The Morgan fingerprint density at radius 2 is 1.74 bits per heavy atom.